The quantitative estimate of drug-likeness (QED) is 0.603. The van der Waals surface area contributed by atoms with Crippen LogP contribution >= 0.6 is 0 Å². The molecule has 8 heteroatoms. The number of rotatable bonds is 4. The molecule has 3 aromatic heterocycles. The second-order valence-corrected chi connectivity index (χ2v) is 9.05. The molecule has 0 radical (unpaired) electrons. The Kier molecular flexibility index (Phi) is 5.83. The van der Waals surface area contributed by atoms with Gasteiger partial charge < -0.3 is 14.2 Å². The Morgan fingerprint density at radius 3 is 2.73 bits per heavy atom. The normalized spacial score (nSPS) is 18.3. The zero-order valence-electron chi connectivity index (χ0n) is 19.5. The van der Waals surface area contributed by atoms with Crippen LogP contribution in [0.3, 0.4) is 0 Å². The molecular weight excluding hydrogens is 416 g/mol. The van der Waals surface area contributed by atoms with E-state index in [1.165, 1.54) is 5.56 Å². The average molecular weight is 447 g/mol. The number of fused-ring (bicyclic) bond motifs is 1. The van der Waals surface area contributed by atoms with Crippen molar-refractivity contribution in [3.63, 3.8) is 0 Å². The Balaban J connectivity index is 1.40. The summed E-state index contributed by atoms with van der Waals surface area (Å²) >= 11 is 0. The molecule has 2 aliphatic rings. The van der Waals surface area contributed by atoms with Crippen LogP contribution in [0.25, 0.3) is 0 Å². The van der Waals surface area contributed by atoms with Crippen molar-refractivity contribution in [1.29, 1.82) is 0 Å². The van der Waals surface area contributed by atoms with E-state index in [4.69, 9.17) is 14.4 Å². The number of aryl methyl sites for hydroxylation is 3. The van der Waals surface area contributed by atoms with Gasteiger partial charge in [0, 0.05) is 49.9 Å². The number of pyridine rings is 1. The second-order valence-electron chi connectivity index (χ2n) is 9.05. The first-order chi connectivity index (χ1) is 16.0. The molecule has 3 aromatic rings. The van der Waals surface area contributed by atoms with E-state index in [0.717, 1.165) is 61.8 Å². The van der Waals surface area contributed by atoms with Crippen LogP contribution in [0.15, 0.2) is 28.8 Å². The summed E-state index contributed by atoms with van der Waals surface area (Å²) in [5.41, 5.74) is 3.96. The minimum atomic E-state index is -0.0933. The summed E-state index contributed by atoms with van der Waals surface area (Å²) in [6.45, 7) is 8.67. The first-order valence-corrected chi connectivity index (χ1v) is 11.7. The third-order valence-corrected chi connectivity index (χ3v) is 6.61. The van der Waals surface area contributed by atoms with Crippen LogP contribution in [-0.2, 0) is 13.0 Å². The summed E-state index contributed by atoms with van der Waals surface area (Å²) in [6, 6.07) is 6.02. The molecule has 172 valence electrons. The highest BCUT2D eigenvalue weighted by atomic mass is 16.4. The van der Waals surface area contributed by atoms with Crippen molar-refractivity contribution in [2.24, 2.45) is 0 Å². The molecule has 8 nitrogen and oxygen atoms in total. The number of hydrogen-bond donors (Lipinski definition) is 0. The van der Waals surface area contributed by atoms with Gasteiger partial charge in [-0.15, -0.1) is 0 Å². The van der Waals surface area contributed by atoms with E-state index in [1.54, 1.807) is 6.92 Å². The first kappa shape index (κ1) is 21.6. The van der Waals surface area contributed by atoms with Gasteiger partial charge in [0.05, 0.1) is 17.9 Å². The van der Waals surface area contributed by atoms with Crippen molar-refractivity contribution in [2.75, 3.05) is 24.5 Å². The average Bonchev–Trinajstić information content (AvgIpc) is 3.17. The molecule has 0 saturated carbocycles. The molecule has 5 rings (SSSR count). The molecule has 2 aliphatic heterocycles. The zero-order valence-corrected chi connectivity index (χ0v) is 19.5. The number of oxazole rings is 1. The molecule has 1 fully saturated rings. The van der Waals surface area contributed by atoms with Gasteiger partial charge in [0.2, 0.25) is 5.76 Å². The molecule has 0 unspecified atom stereocenters. The van der Waals surface area contributed by atoms with Gasteiger partial charge in [-0.25, -0.2) is 15.0 Å². The Hall–Kier alpha value is -3.29. The van der Waals surface area contributed by atoms with Crippen molar-refractivity contribution >= 4 is 11.7 Å². The molecule has 0 aliphatic carbocycles. The summed E-state index contributed by atoms with van der Waals surface area (Å²) in [6.07, 6.45) is 5.81. The highest BCUT2D eigenvalue weighted by Gasteiger charge is 2.31. The lowest BCUT2D eigenvalue weighted by molar-refractivity contribution is 0.0670. The van der Waals surface area contributed by atoms with Gasteiger partial charge in [0.15, 0.2) is 5.89 Å². The van der Waals surface area contributed by atoms with E-state index in [-0.39, 0.29) is 11.8 Å². The predicted octanol–water partition coefficient (Wildman–Crippen LogP) is 3.76. The zero-order chi connectivity index (χ0) is 22.9. The number of nitrogens with zero attached hydrogens (tertiary/aromatic N) is 6. The van der Waals surface area contributed by atoms with E-state index in [0.29, 0.717) is 30.4 Å². The van der Waals surface area contributed by atoms with E-state index in [2.05, 4.69) is 27.9 Å². The van der Waals surface area contributed by atoms with E-state index >= 15 is 0 Å². The molecule has 1 amide bonds. The predicted molar refractivity (Wildman–Crippen MR) is 124 cm³/mol. The van der Waals surface area contributed by atoms with Gasteiger partial charge in [-0.1, -0.05) is 6.07 Å². The summed E-state index contributed by atoms with van der Waals surface area (Å²) in [7, 11) is 0. The molecule has 0 aromatic carbocycles. The minimum absolute atomic E-state index is 0.0933. The molecule has 0 N–H and O–H groups in total. The minimum Gasteiger partial charge on any atom is -0.436 e. The van der Waals surface area contributed by atoms with Crippen molar-refractivity contribution in [1.82, 2.24) is 24.8 Å². The number of carbonyl (C=O) groups is 1. The monoisotopic (exact) mass is 446 g/mol. The van der Waals surface area contributed by atoms with E-state index in [1.807, 2.05) is 30.2 Å². The lowest BCUT2D eigenvalue weighted by Gasteiger charge is -2.34. The van der Waals surface area contributed by atoms with Gasteiger partial charge in [-0.3, -0.25) is 9.78 Å². The number of anilines is 1. The molecule has 0 spiro atoms. The van der Waals surface area contributed by atoms with Crippen LogP contribution in [0.1, 0.15) is 70.1 Å². The fourth-order valence-corrected chi connectivity index (χ4v) is 4.98. The van der Waals surface area contributed by atoms with Crippen molar-refractivity contribution in [2.45, 2.75) is 58.9 Å². The smallest absolute Gasteiger partial charge is 0.291 e. The summed E-state index contributed by atoms with van der Waals surface area (Å²) in [4.78, 5) is 36.0. The van der Waals surface area contributed by atoms with E-state index < -0.39 is 0 Å². The Morgan fingerprint density at radius 1 is 1.09 bits per heavy atom. The summed E-state index contributed by atoms with van der Waals surface area (Å²) in [5.74, 6) is 2.74. The molecular formula is C25H30N6O2. The number of amides is 1. The third-order valence-electron chi connectivity index (χ3n) is 6.61. The first-order valence-electron chi connectivity index (χ1n) is 11.7. The van der Waals surface area contributed by atoms with Crippen LogP contribution in [0.2, 0.25) is 0 Å². The van der Waals surface area contributed by atoms with E-state index in [9.17, 15) is 4.79 Å². The van der Waals surface area contributed by atoms with Gasteiger partial charge in [-0.05, 0) is 51.7 Å². The van der Waals surface area contributed by atoms with Crippen molar-refractivity contribution in [3.05, 3.63) is 64.5 Å². The van der Waals surface area contributed by atoms with Crippen molar-refractivity contribution in [3.8, 4) is 0 Å². The van der Waals surface area contributed by atoms with Gasteiger partial charge in [-0.2, -0.15) is 0 Å². The van der Waals surface area contributed by atoms with Crippen molar-refractivity contribution < 1.29 is 9.21 Å². The number of carbonyl (C=O) groups excluding carboxylic acids is 1. The van der Waals surface area contributed by atoms with Crippen LogP contribution in [0.5, 0.6) is 0 Å². The van der Waals surface area contributed by atoms with Gasteiger partial charge >= 0.3 is 0 Å². The maximum Gasteiger partial charge on any atom is 0.291 e. The highest BCUT2D eigenvalue weighted by Crippen LogP contribution is 2.32. The molecule has 5 heterocycles. The molecule has 0 bridgehead atoms. The fraction of sp³-hybridized carbons (Fsp3) is 0.480. The second kappa shape index (κ2) is 8.92. The highest BCUT2D eigenvalue weighted by molar-refractivity contribution is 5.92. The molecule has 1 atom stereocenters. The third kappa shape index (κ3) is 4.34. The number of hydrogen-bond acceptors (Lipinski definition) is 7. The molecule has 33 heavy (non-hydrogen) atoms. The van der Waals surface area contributed by atoms with Crippen LogP contribution < -0.4 is 4.90 Å². The Morgan fingerprint density at radius 2 is 1.97 bits per heavy atom. The van der Waals surface area contributed by atoms with Crippen LogP contribution in [-0.4, -0.2) is 50.4 Å². The maximum atomic E-state index is 13.1. The van der Waals surface area contributed by atoms with Gasteiger partial charge in [0.1, 0.15) is 11.6 Å². The Labute approximate surface area is 194 Å². The number of piperidine rings is 1. The lowest BCUT2D eigenvalue weighted by Crippen LogP contribution is -2.40. The summed E-state index contributed by atoms with van der Waals surface area (Å²) in [5, 5.41) is 0. The molecule has 1 saturated heterocycles. The number of aromatic nitrogens is 4. The number of likely N-dealkylation sites (tertiary alicyclic amines) is 1. The topological polar surface area (TPSA) is 88.3 Å². The van der Waals surface area contributed by atoms with Crippen LogP contribution in [0, 0.1) is 20.8 Å². The lowest BCUT2D eigenvalue weighted by atomic mass is 9.95. The summed E-state index contributed by atoms with van der Waals surface area (Å²) < 4.78 is 5.59. The fourth-order valence-electron chi connectivity index (χ4n) is 4.98. The van der Waals surface area contributed by atoms with Crippen LogP contribution in [0.4, 0.5) is 5.82 Å². The van der Waals surface area contributed by atoms with Gasteiger partial charge in [0.25, 0.3) is 5.91 Å². The SMILES string of the molecule is Cc1nc(C)c(C(=O)N2CCC[C@@H](c3nc(C)c4c(n3)N(Cc3ccccn3)CCC4)C2)o1. The standard InChI is InChI=1S/C25H30N6O2/c1-16-21-10-7-12-30(15-20-9-4-5-11-26-20)24(21)29-23(28-16)19-8-6-13-31(14-19)25(32)22-17(2)27-18(3)33-22/h4-5,9,11,19H,6-8,10,12-15H2,1-3H3/t19-/m1/s1. The largest absolute Gasteiger partial charge is 0.436 e. The maximum absolute atomic E-state index is 13.1. The Bertz CT molecular complexity index is 1160.